The van der Waals surface area contributed by atoms with Crippen molar-refractivity contribution in [3.63, 3.8) is 0 Å². The van der Waals surface area contributed by atoms with Crippen molar-refractivity contribution in [3.8, 4) is 5.75 Å². The summed E-state index contributed by atoms with van der Waals surface area (Å²) < 4.78 is 5.91. The second-order valence-electron chi connectivity index (χ2n) is 9.70. The Morgan fingerprint density at radius 3 is 2.35 bits per heavy atom. The van der Waals surface area contributed by atoms with Gasteiger partial charge in [0.1, 0.15) is 11.5 Å². The highest BCUT2D eigenvalue weighted by Crippen LogP contribution is 2.44. The molecule has 1 aliphatic rings. The van der Waals surface area contributed by atoms with Crippen molar-refractivity contribution in [3.05, 3.63) is 113 Å². The SMILES string of the molecule is Cc1ccc(N2C(=O)C(=O)/C(=C(\O)c3cccc4ccccc34)C2c2cccc(OC(C)C)c2)cc1C. The number of ketones is 1. The van der Waals surface area contributed by atoms with Gasteiger partial charge in [0.05, 0.1) is 17.7 Å². The lowest BCUT2D eigenvalue weighted by Gasteiger charge is -2.26. The van der Waals surface area contributed by atoms with Crippen LogP contribution in [0.3, 0.4) is 0 Å². The first kappa shape index (κ1) is 24.3. The minimum atomic E-state index is -0.822. The summed E-state index contributed by atoms with van der Waals surface area (Å²) in [7, 11) is 0. The molecule has 1 N–H and O–H groups in total. The van der Waals surface area contributed by atoms with Crippen LogP contribution < -0.4 is 9.64 Å². The predicted octanol–water partition coefficient (Wildman–Crippen LogP) is 6.87. The van der Waals surface area contributed by atoms with Gasteiger partial charge in [-0.3, -0.25) is 14.5 Å². The second kappa shape index (κ2) is 9.58. The fourth-order valence-electron chi connectivity index (χ4n) is 4.90. The molecular weight excluding hydrogens is 462 g/mol. The molecule has 4 aromatic carbocycles. The summed E-state index contributed by atoms with van der Waals surface area (Å²) in [6.07, 6.45) is -0.0444. The largest absolute Gasteiger partial charge is 0.507 e. The summed E-state index contributed by atoms with van der Waals surface area (Å²) in [5.74, 6) is -0.959. The minimum absolute atomic E-state index is 0.0444. The number of Topliss-reactive ketones (excluding diaryl/α,β-unsaturated/α-hetero) is 1. The molecule has 5 rings (SSSR count). The van der Waals surface area contributed by atoms with Crippen molar-refractivity contribution >= 4 is 33.9 Å². The number of fused-ring (bicyclic) bond motifs is 1. The summed E-state index contributed by atoms with van der Waals surface area (Å²) >= 11 is 0. The third-order valence-electron chi connectivity index (χ3n) is 6.80. The average molecular weight is 492 g/mol. The van der Waals surface area contributed by atoms with Crippen molar-refractivity contribution < 1.29 is 19.4 Å². The number of hydrogen-bond donors (Lipinski definition) is 1. The first-order chi connectivity index (χ1) is 17.8. The van der Waals surface area contributed by atoms with Crippen LogP contribution in [0, 0.1) is 13.8 Å². The Morgan fingerprint density at radius 2 is 1.59 bits per heavy atom. The highest BCUT2D eigenvalue weighted by atomic mass is 16.5. The van der Waals surface area contributed by atoms with Crippen molar-refractivity contribution in [2.75, 3.05) is 4.90 Å². The molecule has 0 saturated carbocycles. The quantitative estimate of drug-likeness (QED) is 0.188. The van der Waals surface area contributed by atoms with Crippen LogP contribution in [0.5, 0.6) is 5.75 Å². The molecule has 1 unspecified atom stereocenters. The summed E-state index contributed by atoms with van der Waals surface area (Å²) in [6, 6.07) is 25.4. The van der Waals surface area contributed by atoms with Crippen LogP contribution in [0.4, 0.5) is 5.69 Å². The zero-order valence-electron chi connectivity index (χ0n) is 21.4. The monoisotopic (exact) mass is 491 g/mol. The van der Waals surface area contributed by atoms with Crippen LogP contribution in [0.2, 0.25) is 0 Å². The van der Waals surface area contributed by atoms with Crippen molar-refractivity contribution in [1.82, 2.24) is 0 Å². The molecule has 5 heteroatoms. The van der Waals surface area contributed by atoms with Crippen LogP contribution in [-0.2, 0) is 9.59 Å². The molecule has 5 nitrogen and oxygen atoms in total. The molecule has 1 amide bonds. The van der Waals surface area contributed by atoms with Gasteiger partial charge in [-0.25, -0.2) is 0 Å². The maximum atomic E-state index is 13.6. The van der Waals surface area contributed by atoms with Crippen LogP contribution >= 0.6 is 0 Å². The highest BCUT2D eigenvalue weighted by Gasteiger charge is 2.47. The van der Waals surface area contributed by atoms with Crippen LogP contribution in [0.15, 0.2) is 90.5 Å². The van der Waals surface area contributed by atoms with Gasteiger partial charge in [0.2, 0.25) is 0 Å². The van der Waals surface area contributed by atoms with E-state index >= 15 is 0 Å². The van der Waals surface area contributed by atoms with E-state index in [4.69, 9.17) is 4.74 Å². The molecule has 1 fully saturated rings. The van der Waals surface area contributed by atoms with Gasteiger partial charge in [0.25, 0.3) is 11.7 Å². The van der Waals surface area contributed by atoms with Crippen LogP contribution in [0.25, 0.3) is 16.5 Å². The van der Waals surface area contributed by atoms with E-state index in [9.17, 15) is 14.7 Å². The molecule has 37 heavy (non-hydrogen) atoms. The van der Waals surface area contributed by atoms with E-state index in [1.54, 1.807) is 6.07 Å². The number of aryl methyl sites for hydroxylation is 2. The van der Waals surface area contributed by atoms with E-state index in [0.717, 1.165) is 21.9 Å². The van der Waals surface area contributed by atoms with Gasteiger partial charge in [-0.15, -0.1) is 0 Å². The molecule has 1 aliphatic heterocycles. The number of ether oxygens (including phenoxy) is 1. The Kier molecular flexibility index (Phi) is 6.30. The van der Waals surface area contributed by atoms with E-state index in [1.165, 1.54) is 4.90 Å². The molecule has 0 aliphatic carbocycles. The third-order valence-corrected chi connectivity index (χ3v) is 6.80. The fourth-order valence-corrected chi connectivity index (χ4v) is 4.90. The zero-order chi connectivity index (χ0) is 26.3. The fraction of sp³-hybridized carbons (Fsp3) is 0.188. The van der Waals surface area contributed by atoms with Gasteiger partial charge in [-0.1, -0.05) is 60.7 Å². The van der Waals surface area contributed by atoms with Crippen molar-refractivity contribution in [2.24, 2.45) is 0 Å². The molecule has 0 bridgehead atoms. The van der Waals surface area contributed by atoms with Gasteiger partial charge in [-0.05, 0) is 79.4 Å². The van der Waals surface area contributed by atoms with Crippen molar-refractivity contribution in [1.29, 1.82) is 0 Å². The number of carbonyl (C=O) groups excluding carboxylic acids is 2. The van der Waals surface area contributed by atoms with Gasteiger partial charge in [0.15, 0.2) is 0 Å². The molecule has 0 radical (unpaired) electrons. The molecule has 1 heterocycles. The number of nitrogens with zero attached hydrogens (tertiary/aromatic N) is 1. The first-order valence-corrected chi connectivity index (χ1v) is 12.4. The highest BCUT2D eigenvalue weighted by molar-refractivity contribution is 6.51. The summed E-state index contributed by atoms with van der Waals surface area (Å²) in [6.45, 7) is 7.85. The number of benzene rings is 4. The van der Waals surface area contributed by atoms with E-state index in [0.29, 0.717) is 22.6 Å². The molecular formula is C32H29NO4. The van der Waals surface area contributed by atoms with E-state index < -0.39 is 17.7 Å². The Hall–Kier alpha value is -4.38. The summed E-state index contributed by atoms with van der Waals surface area (Å²) in [5, 5.41) is 13.4. The van der Waals surface area contributed by atoms with E-state index in [1.807, 2.05) is 107 Å². The maximum absolute atomic E-state index is 13.6. The van der Waals surface area contributed by atoms with Crippen molar-refractivity contribution in [2.45, 2.75) is 39.8 Å². The predicted molar refractivity (Wildman–Crippen MR) is 147 cm³/mol. The van der Waals surface area contributed by atoms with Crippen LogP contribution in [-0.4, -0.2) is 22.9 Å². The Morgan fingerprint density at radius 1 is 0.865 bits per heavy atom. The second-order valence-corrected chi connectivity index (χ2v) is 9.70. The number of aliphatic hydroxyl groups is 1. The van der Waals surface area contributed by atoms with Gasteiger partial charge in [-0.2, -0.15) is 0 Å². The maximum Gasteiger partial charge on any atom is 0.300 e. The Labute approximate surface area is 216 Å². The number of hydrogen-bond acceptors (Lipinski definition) is 4. The number of carbonyl (C=O) groups is 2. The van der Waals surface area contributed by atoms with Gasteiger partial charge < -0.3 is 9.84 Å². The third kappa shape index (κ3) is 4.38. The molecule has 0 spiro atoms. The number of anilines is 1. The lowest BCUT2D eigenvalue weighted by atomic mass is 9.93. The summed E-state index contributed by atoms with van der Waals surface area (Å²) in [5.41, 5.74) is 3.93. The molecule has 1 atom stereocenters. The lowest BCUT2D eigenvalue weighted by Crippen LogP contribution is -2.29. The number of aliphatic hydroxyl groups excluding tert-OH is 1. The first-order valence-electron chi connectivity index (χ1n) is 12.4. The standard InChI is InChI=1S/C32H29NO4/c1-19(2)37-25-12-7-11-23(18-25)29-28(30(34)27-14-8-10-22-9-5-6-13-26(22)27)31(35)32(36)33(29)24-16-15-20(3)21(4)17-24/h5-19,29,34H,1-4H3/b30-28-. The van der Waals surface area contributed by atoms with E-state index in [-0.39, 0.29) is 17.4 Å². The Bertz CT molecular complexity index is 1560. The van der Waals surface area contributed by atoms with E-state index in [2.05, 4.69) is 0 Å². The number of rotatable bonds is 5. The Balaban J connectivity index is 1.76. The lowest BCUT2D eigenvalue weighted by molar-refractivity contribution is -0.132. The topological polar surface area (TPSA) is 66.8 Å². The van der Waals surface area contributed by atoms with Gasteiger partial charge in [0, 0.05) is 11.3 Å². The molecule has 186 valence electrons. The minimum Gasteiger partial charge on any atom is -0.507 e. The smallest absolute Gasteiger partial charge is 0.300 e. The molecule has 4 aromatic rings. The van der Waals surface area contributed by atoms with Gasteiger partial charge >= 0.3 is 0 Å². The number of amides is 1. The summed E-state index contributed by atoms with van der Waals surface area (Å²) in [4.78, 5) is 28.6. The molecule has 1 saturated heterocycles. The van der Waals surface area contributed by atoms with Crippen LogP contribution in [0.1, 0.15) is 42.1 Å². The normalized spacial score (nSPS) is 17.1. The average Bonchev–Trinajstić information content (AvgIpc) is 3.15. The zero-order valence-corrected chi connectivity index (χ0v) is 21.4. The molecule has 0 aromatic heterocycles.